The SMILES string of the molecule is COc1ccccc1[C@H]1c2c(oc3ccccc3c2=O)C(=O)N1CCCN(C)C. The fourth-order valence-electron chi connectivity index (χ4n) is 3.97. The van der Waals surface area contributed by atoms with Gasteiger partial charge in [0.05, 0.1) is 24.1 Å². The van der Waals surface area contributed by atoms with E-state index in [9.17, 15) is 9.59 Å². The Kier molecular flexibility index (Phi) is 5.11. The number of methoxy groups -OCH3 is 1. The maximum Gasteiger partial charge on any atom is 0.290 e. The lowest BCUT2D eigenvalue weighted by Crippen LogP contribution is -2.32. The van der Waals surface area contributed by atoms with Crippen LogP contribution in [-0.2, 0) is 0 Å². The van der Waals surface area contributed by atoms with Gasteiger partial charge in [-0.25, -0.2) is 0 Å². The van der Waals surface area contributed by atoms with E-state index in [4.69, 9.17) is 9.15 Å². The zero-order valence-corrected chi connectivity index (χ0v) is 16.8. The summed E-state index contributed by atoms with van der Waals surface area (Å²) in [4.78, 5) is 30.5. The Morgan fingerprint density at radius 1 is 1.07 bits per heavy atom. The Morgan fingerprint density at radius 3 is 2.55 bits per heavy atom. The van der Waals surface area contributed by atoms with Crippen LogP contribution >= 0.6 is 0 Å². The van der Waals surface area contributed by atoms with Crippen molar-refractivity contribution in [2.24, 2.45) is 0 Å². The van der Waals surface area contributed by atoms with Crippen LogP contribution in [0.4, 0.5) is 0 Å². The lowest BCUT2D eigenvalue weighted by molar-refractivity contribution is 0.0721. The van der Waals surface area contributed by atoms with Gasteiger partial charge in [0.1, 0.15) is 11.3 Å². The highest BCUT2D eigenvalue weighted by Crippen LogP contribution is 2.41. The lowest BCUT2D eigenvalue weighted by atomic mass is 9.97. The van der Waals surface area contributed by atoms with Crippen LogP contribution in [0.25, 0.3) is 11.0 Å². The molecule has 1 atom stereocenters. The molecule has 4 rings (SSSR count). The van der Waals surface area contributed by atoms with Crippen LogP contribution < -0.4 is 10.2 Å². The highest BCUT2D eigenvalue weighted by atomic mass is 16.5. The summed E-state index contributed by atoms with van der Waals surface area (Å²) < 4.78 is 11.5. The van der Waals surface area contributed by atoms with E-state index in [1.807, 2.05) is 38.4 Å². The van der Waals surface area contributed by atoms with Crippen molar-refractivity contribution in [1.82, 2.24) is 9.80 Å². The van der Waals surface area contributed by atoms with Gasteiger partial charge in [0, 0.05) is 12.1 Å². The van der Waals surface area contributed by atoms with Crippen LogP contribution in [0.5, 0.6) is 5.75 Å². The van der Waals surface area contributed by atoms with Crippen LogP contribution in [0.3, 0.4) is 0 Å². The number of nitrogens with zero attached hydrogens (tertiary/aromatic N) is 2. The highest BCUT2D eigenvalue weighted by Gasteiger charge is 2.43. The maximum absolute atomic E-state index is 13.4. The quantitative estimate of drug-likeness (QED) is 0.644. The van der Waals surface area contributed by atoms with Gasteiger partial charge < -0.3 is 19.0 Å². The second-order valence-corrected chi connectivity index (χ2v) is 7.47. The molecule has 2 heterocycles. The van der Waals surface area contributed by atoms with E-state index in [2.05, 4.69) is 4.90 Å². The first-order valence-corrected chi connectivity index (χ1v) is 9.67. The smallest absolute Gasteiger partial charge is 0.290 e. The molecule has 1 aliphatic heterocycles. The van der Waals surface area contributed by atoms with Gasteiger partial charge in [0.25, 0.3) is 5.91 Å². The van der Waals surface area contributed by atoms with Crippen LogP contribution in [0, 0.1) is 0 Å². The normalized spacial score (nSPS) is 15.9. The van der Waals surface area contributed by atoms with Crippen molar-refractivity contribution in [2.75, 3.05) is 34.3 Å². The zero-order valence-electron chi connectivity index (χ0n) is 16.8. The summed E-state index contributed by atoms with van der Waals surface area (Å²) in [6.45, 7) is 1.35. The average Bonchev–Trinajstić information content (AvgIpc) is 3.00. The minimum Gasteiger partial charge on any atom is -0.496 e. The third kappa shape index (κ3) is 3.29. The fourth-order valence-corrected chi connectivity index (χ4v) is 3.97. The number of amides is 1. The van der Waals surface area contributed by atoms with Crippen LogP contribution in [0.2, 0.25) is 0 Å². The topological polar surface area (TPSA) is 63.0 Å². The van der Waals surface area contributed by atoms with Gasteiger partial charge in [-0.05, 0) is 45.3 Å². The molecule has 0 aliphatic carbocycles. The summed E-state index contributed by atoms with van der Waals surface area (Å²) in [6, 6.07) is 14.0. The Labute approximate surface area is 169 Å². The van der Waals surface area contributed by atoms with Crippen molar-refractivity contribution in [3.05, 3.63) is 75.6 Å². The standard InChI is InChI=1S/C23H24N2O4/c1-24(2)13-8-14-25-20(15-9-4-6-11-17(15)28-3)19-21(26)16-10-5-7-12-18(16)29-22(19)23(25)27/h4-7,9-12,20H,8,13-14H2,1-3H3/t20-/m0/s1. The Balaban J connectivity index is 1.90. The number of fused-ring (bicyclic) bond motifs is 2. The van der Waals surface area contributed by atoms with Crippen molar-refractivity contribution in [1.29, 1.82) is 0 Å². The van der Waals surface area contributed by atoms with E-state index in [0.29, 0.717) is 28.8 Å². The van der Waals surface area contributed by atoms with E-state index in [1.165, 1.54) is 0 Å². The predicted octanol–water partition coefficient (Wildman–Crippen LogP) is 3.30. The highest BCUT2D eigenvalue weighted by molar-refractivity contribution is 5.99. The summed E-state index contributed by atoms with van der Waals surface area (Å²) in [5.41, 5.74) is 1.44. The largest absolute Gasteiger partial charge is 0.496 e. The Morgan fingerprint density at radius 2 is 1.79 bits per heavy atom. The second-order valence-electron chi connectivity index (χ2n) is 7.47. The lowest BCUT2D eigenvalue weighted by Gasteiger charge is -2.26. The minimum absolute atomic E-state index is 0.134. The van der Waals surface area contributed by atoms with Gasteiger partial charge in [-0.15, -0.1) is 0 Å². The molecule has 1 aromatic heterocycles. The minimum atomic E-state index is -0.531. The Hall–Kier alpha value is -3.12. The van der Waals surface area contributed by atoms with Crippen LogP contribution in [0.1, 0.15) is 34.1 Å². The molecule has 0 unspecified atom stereocenters. The molecule has 150 valence electrons. The number of carbonyl (C=O) groups excluding carboxylic acids is 1. The summed E-state index contributed by atoms with van der Waals surface area (Å²) in [5.74, 6) is 0.523. The van der Waals surface area contributed by atoms with Crippen molar-refractivity contribution < 1.29 is 13.9 Å². The summed E-state index contributed by atoms with van der Waals surface area (Å²) in [7, 11) is 5.59. The van der Waals surface area contributed by atoms with Gasteiger partial charge in [-0.3, -0.25) is 9.59 Å². The summed E-state index contributed by atoms with van der Waals surface area (Å²) >= 11 is 0. The molecule has 29 heavy (non-hydrogen) atoms. The maximum atomic E-state index is 13.4. The third-order valence-electron chi connectivity index (χ3n) is 5.31. The van der Waals surface area contributed by atoms with E-state index in [-0.39, 0.29) is 17.1 Å². The average molecular weight is 392 g/mol. The molecule has 2 aromatic carbocycles. The molecule has 0 radical (unpaired) electrons. The molecule has 0 bridgehead atoms. The van der Waals surface area contributed by atoms with Gasteiger partial charge in [0.2, 0.25) is 5.76 Å². The second kappa shape index (κ2) is 7.72. The van der Waals surface area contributed by atoms with Gasteiger partial charge in [0.15, 0.2) is 5.43 Å². The van der Waals surface area contributed by atoms with Gasteiger partial charge >= 0.3 is 0 Å². The molecule has 0 saturated heterocycles. The number of para-hydroxylation sites is 2. The van der Waals surface area contributed by atoms with Crippen molar-refractivity contribution in [2.45, 2.75) is 12.5 Å². The summed E-state index contributed by atoms with van der Waals surface area (Å²) in [5, 5.41) is 0.481. The van der Waals surface area contributed by atoms with E-state index < -0.39 is 6.04 Å². The number of hydrogen-bond donors (Lipinski definition) is 0. The van der Waals surface area contributed by atoms with Crippen molar-refractivity contribution in [3.63, 3.8) is 0 Å². The van der Waals surface area contributed by atoms with Crippen molar-refractivity contribution >= 4 is 16.9 Å². The monoisotopic (exact) mass is 392 g/mol. The zero-order chi connectivity index (χ0) is 20.5. The third-order valence-corrected chi connectivity index (χ3v) is 5.31. The van der Waals surface area contributed by atoms with Gasteiger partial charge in [-0.2, -0.15) is 0 Å². The molecule has 6 heteroatoms. The van der Waals surface area contributed by atoms with Crippen molar-refractivity contribution in [3.8, 4) is 5.75 Å². The number of ether oxygens (including phenoxy) is 1. The first kappa shape index (κ1) is 19.2. The molecule has 1 amide bonds. The molecule has 1 aliphatic rings. The molecular formula is C23H24N2O4. The molecule has 3 aromatic rings. The Bertz CT molecular complexity index is 1120. The van der Waals surface area contributed by atoms with Gasteiger partial charge in [-0.1, -0.05) is 30.3 Å². The molecule has 0 saturated carbocycles. The molecular weight excluding hydrogens is 368 g/mol. The van der Waals surface area contributed by atoms with E-state index >= 15 is 0 Å². The number of benzene rings is 2. The number of hydrogen-bond acceptors (Lipinski definition) is 5. The van der Waals surface area contributed by atoms with E-state index in [0.717, 1.165) is 18.5 Å². The summed E-state index contributed by atoms with van der Waals surface area (Å²) in [6.07, 6.45) is 0.784. The molecule has 0 N–H and O–H groups in total. The molecule has 0 spiro atoms. The van der Waals surface area contributed by atoms with Crippen LogP contribution in [0.15, 0.2) is 57.7 Å². The molecule has 0 fully saturated rings. The van der Waals surface area contributed by atoms with E-state index in [1.54, 1.807) is 36.3 Å². The predicted molar refractivity (Wildman–Crippen MR) is 112 cm³/mol. The molecule has 6 nitrogen and oxygen atoms in total. The first-order chi connectivity index (χ1) is 14.0. The number of carbonyl (C=O) groups is 1. The first-order valence-electron chi connectivity index (χ1n) is 9.67. The number of rotatable bonds is 6. The fraction of sp³-hybridized carbons (Fsp3) is 0.304. The van der Waals surface area contributed by atoms with Crippen LogP contribution in [-0.4, -0.2) is 50.0 Å².